The first-order valence-corrected chi connectivity index (χ1v) is 6.11. The molecule has 0 fully saturated rings. The summed E-state index contributed by atoms with van der Waals surface area (Å²) in [7, 11) is 0. The number of aryl methyl sites for hydroxylation is 1. The summed E-state index contributed by atoms with van der Waals surface area (Å²) < 4.78 is 1.23. The van der Waals surface area contributed by atoms with E-state index in [4.69, 9.17) is 14.4 Å². The van der Waals surface area contributed by atoms with Gasteiger partial charge in [0.2, 0.25) is 0 Å². The summed E-state index contributed by atoms with van der Waals surface area (Å²) in [6.45, 7) is 15.7. The Bertz CT molecular complexity index is 448. The first-order chi connectivity index (χ1) is 9.81. The number of benzene rings is 1. The van der Waals surface area contributed by atoms with E-state index >= 15 is 0 Å². The molecule has 20 heavy (non-hydrogen) atoms. The first-order valence-electron chi connectivity index (χ1n) is 5.55. The van der Waals surface area contributed by atoms with Gasteiger partial charge in [0.25, 0.3) is 20.4 Å². The van der Waals surface area contributed by atoms with Crippen LogP contribution < -0.4 is 0 Å². The van der Waals surface area contributed by atoms with Gasteiger partial charge in [-0.25, -0.2) is 0 Å². The minimum absolute atomic E-state index is 1.01. The molecule has 0 N–H and O–H groups in total. The zero-order chi connectivity index (χ0) is 16.0. The van der Waals surface area contributed by atoms with E-state index in [1.807, 2.05) is 0 Å². The molecule has 0 unspecified atom stereocenters. The van der Waals surface area contributed by atoms with Crippen LogP contribution in [0.25, 0.3) is 5.57 Å². The van der Waals surface area contributed by atoms with Crippen LogP contribution in [0.4, 0.5) is 0 Å². The molecule has 1 aromatic carbocycles. The molecule has 0 heterocycles. The Morgan fingerprint density at radius 2 is 1.70 bits per heavy atom. The minimum Gasteiger partial charge on any atom is -0.281 e. The molecule has 4 heteroatoms. The third kappa shape index (κ3) is 6.41. The van der Waals surface area contributed by atoms with Gasteiger partial charge >= 0.3 is 93.4 Å². The maximum Gasteiger partial charge on any atom is 0.281 e. The van der Waals surface area contributed by atoms with Crippen molar-refractivity contribution < 1.29 is 30.4 Å². The van der Waals surface area contributed by atoms with E-state index in [1.54, 1.807) is 0 Å². The second-order valence-electron chi connectivity index (χ2n) is 3.46. The van der Waals surface area contributed by atoms with Crippen molar-refractivity contribution in [3.63, 3.8) is 0 Å². The van der Waals surface area contributed by atoms with Crippen molar-refractivity contribution in [3.8, 4) is 0 Å². The number of hydrogen-bond acceptors (Lipinski definition) is 3. The third-order valence-electron chi connectivity index (χ3n) is 2.51. The Kier molecular flexibility index (Phi) is 14.0. The predicted molar refractivity (Wildman–Crippen MR) is 73.6 cm³/mol. The molecule has 103 valence electrons. The smallest absolute Gasteiger partial charge is 0.281 e. The standard InChI is InChI=1S/C13H13.3CO.Fe/c1-2-11-6-5-9-13(10-11)12-7-3-4-8-12;3*1-2;/h3,5-7,9-10H,2,4H2,1H3;;;;. The van der Waals surface area contributed by atoms with Gasteiger partial charge < -0.3 is 0 Å². The van der Waals surface area contributed by atoms with E-state index < -0.39 is 0 Å². The van der Waals surface area contributed by atoms with Crippen LogP contribution in [0.5, 0.6) is 0 Å². The molecule has 1 aliphatic carbocycles. The number of rotatable bonds is 2. The summed E-state index contributed by atoms with van der Waals surface area (Å²) in [5.41, 5.74) is 4.01. The van der Waals surface area contributed by atoms with E-state index in [-0.39, 0.29) is 0 Å². The molecule has 2 rings (SSSR count). The average molecular weight is 309 g/mol. The van der Waals surface area contributed by atoms with Crippen molar-refractivity contribution in [2.24, 2.45) is 0 Å². The summed E-state index contributed by atoms with van der Waals surface area (Å²) in [6.07, 6.45) is 6.45. The number of hydrogen-bond donors (Lipinski definition) is 0. The second-order valence-corrected chi connectivity index (χ2v) is 4.13. The normalized spacial score (nSPS) is 11.3. The van der Waals surface area contributed by atoms with Crippen LogP contribution in [0.15, 0.2) is 40.9 Å². The van der Waals surface area contributed by atoms with Gasteiger partial charge in [-0.1, -0.05) is 0 Å². The van der Waals surface area contributed by atoms with E-state index in [0.29, 0.717) is 0 Å². The monoisotopic (exact) mass is 309 g/mol. The topological polar surface area (TPSA) is 51.2 Å². The van der Waals surface area contributed by atoms with Crippen LogP contribution in [0.2, 0.25) is 0 Å². The van der Waals surface area contributed by atoms with Crippen molar-refractivity contribution >= 4 is 25.9 Å². The maximum absolute atomic E-state index is 7.50. The molecule has 0 aliphatic heterocycles. The molecule has 0 saturated carbocycles. The largest absolute Gasteiger partial charge is 0.281 e. The zero-order valence-electron chi connectivity index (χ0n) is 11.0. The van der Waals surface area contributed by atoms with Gasteiger partial charge in [0.15, 0.2) is 0 Å². The molecule has 1 aromatic rings. The van der Waals surface area contributed by atoms with Crippen molar-refractivity contribution in [1.29, 1.82) is 0 Å². The molecular formula is C16H13FeO3. The average Bonchev–Trinajstić information content (AvgIpc) is 2.99. The van der Waals surface area contributed by atoms with E-state index in [2.05, 4.69) is 79.7 Å². The van der Waals surface area contributed by atoms with E-state index in [1.165, 1.54) is 21.2 Å². The molecule has 0 aromatic heterocycles. The van der Waals surface area contributed by atoms with Crippen LogP contribution in [-0.2, 0) is 36.8 Å². The number of allylic oxidation sites excluding steroid dienone is 4. The Labute approximate surface area is 128 Å². The molecule has 6 radical (unpaired) electrons. The van der Waals surface area contributed by atoms with Gasteiger partial charge in [-0.15, -0.1) is 0 Å². The van der Waals surface area contributed by atoms with Gasteiger partial charge in [0.1, 0.15) is 0 Å². The zero-order valence-corrected chi connectivity index (χ0v) is 12.1. The minimum atomic E-state index is 1.01. The van der Waals surface area contributed by atoms with Gasteiger partial charge in [-0.3, -0.25) is 14.4 Å². The summed E-state index contributed by atoms with van der Waals surface area (Å²) in [4.78, 5) is 22.5. The maximum atomic E-state index is 7.50. The molecule has 0 spiro atoms. The van der Waals surface area contributed by atoms with E-state index in [0.717, 1.165) is 12.8 Å². The molecule has 1 aliphatic rings. The van der Waals surface area contributed by atoms with Crippen LogP contribution >= 0.6 is 0 Å². The van der Waals surface area contributed by atoms with Crippen molar-refractivity contribution in [3.05, 3.63) is 52.0 Å². The molecule has 0 saturated heterocycles. The predicted octanol–water partition coefficient (Wildman–Crippen LogP) is 2.28. The molecular weight excluding hydrogens is 296 g/mol. The number of carbonyl (C=O) groups excluding carboxylic acids is 3. The fourth-order valence-electron chi connectivity index (χ4n) is 1.68. The van der Waals surface area contributed by atoms with Crippen LogP contribution in [-0.4, -0.2) is 20.4 Å². The molecule has 3 nitrogen and oxygen atoms in total. The molecule has 0 atom stereocenters. The Balaban J connectivity index is 0. The van der Waals surface area contributed by atoms with Crippen LogP contribution in [0, 0.1) is 0 Å². The summed E-state index contributed by atoms with van der Waals surface area (Å²) in [5.74, 6) is 0. The quantitative estimate of drug-likeness (QED) is 0.788. The second kappa shape index (κ2) is 13.7. The van der Waals surface area contributed by atoms with Gasteiger partial charge in [0.05, 0.1) is 0 Å². The fraction of sp³-hybridized carbons (Fsp3) is 0.188. The summed E-state index contributed by atoms with van der Waals surface area (Å²) in [6, 6.07) is 8.72. The van der Waals surface area contributed by atoms with Gasteiger partial charge in [-0.2, -0.15) is 0 Å². The Hall–Kier alpha value is -1.77. The fourth-order valence-corrected chi connectivity index (χ4v) is 2.07. The first kappa shape index (κ1) is 20.5. The van der Waals surface area contributed by atoms with Crippen LogP contribution in [0.3, 0.4) is 0 Å². The van der Waals surface area contributed by atoms with Crippen molar-refractivity contribution in [2.45, 2.75) is 19.8 Å². The Morgan fingerprint density at radius 3 is 2.15 bits per heavy atom. The van der Waals surface area contributed by atoms with Gasteiger partial charge in [0, 0.05) is 0 Å². The van der Waals surface area contributed by atoms with E-state index in [9.17, 15) is 0 Å². The van der Waals surface area contributed by atoms with Gasteiger partial charge in [-0.05, 0) is 0 Å². The molecule has 0 amide bonds. The van der Waals surface area contributed by atoms with Crippen molar-refractivity contribution in [2.75, 3.05) is 0 Å². The summed E-state index contributed by atoms with van der Waals surface area (Å²) >= 11 is 4.07. The summed E-state index contributed by atoms with van der Waals surface area (Å²) in [5, 5.41) is 0. The van der Waals surface area contributed by atoms with Crippen molar-refractivity contribution in [1.82, 2.24) is 0 Å². The van der Waals surface area contributed by atoms with Crippen LogP contribution in [0.1, 0.15) is 24.5 Å². The third-order valence-corrected chi connectivity index (χ3v) is 3.03. The Morgan fingerprint density at radius 1 is 1.10 bits per heavy atom. The molecule has 0 bridgehead atoms. The SMILES string of the molecule is CCc1cccc(C2=[C]([Fe])CC=C2)c1.[C]=O.[C]=O.[C]=O.